The number of aliphatic hydroxyl groups excluding tert-OH is 1. The molecule has 0 amide bonds. The Morgan fingerprint density at radius 3 is 2.67 bits per heavy atom. The molecule has 0 aromatic heterocycles. The average Bonchev–Trinajstić information content (AvgIpc) is 2.38. The highest BCUT2D eigenvalue weighted by Gasteiger charge is 2.24. The first-order valence-corrected chi connectivity index (χ1v) is 6.38. The van der Waals surface area contributed by atoms with E-state index in [4.69, 9.17) is 4.74 Å². The van der Waals surface area contributed by atoms with Crippen molar-refractivity contribution in [2.75, 3.05) is 25.2 Å². The van der Waals surface area contributed by atoms with E-state index in [2.05, 4.69) is 0 Å². The van der Waals surface area contributed by atoms with Crippen molar-refractivity contribution >= 4 is 5.69 Å². The third-order valence-electron chi connectivity index (χ3n) is 3.56. The highest BCUT2D eigenvalue weighted by molar-refractivity contribution is 5.56. The van der Waals surface area contributed by atoms with E-state index < -0.39 is 6.10 Å². The molecule has 1 saturated heterocycles. The van der Waals surface area contributed by atoms with Crippen molar-refractivity contribution in [2.24, 2.45) is 0 Å². The fraction of sp³-hybridized carbons (Fsp3) is 0.571. The molecule has 0 spiro atoms. The molecule has 0 aliphatic carbocycles. The maximum absolute atomic E-state index is 14.0. The number of halogens is 1. The zero-order valence-electron chi connectivity index (χ0n) is 10.9. The summed E-state index contributed by atoms with van der Waals surface area (Å²) in [4.78, 5) is 1.94. The average molecular weight is 253 g/mol. The van der Waals surface area contributed by atoms with E-state index in [1.807, 2.05) is 11.9 Å². The van der Waals surface area contributed by atoms with E-state index in [1.165, 1.54) is 6.07 Å². The molecule has 0 bridgehead atoms. The zero-order valence-corrected chi connectivity index (χ0v) is 10.9. The molecular formula is C14H20FNO2. The summed E-state index contributed by atoms with van der Waals surface area (Å²) in [6, 6.07) is 5.13. The first-order chi connectivity index (χ1) is 8.61. The van der Waals surface area contributed by atoms with Gasteiger partial charge in [0, 0.05) is 31.9 Å². The van der Waals surface area contributed by atoms with Gasteiger partial charge in [-0.15, -0.1) is 0 Å². The molecule has 1 fully saturated rings. The van der Waals surface area contributed by atoms with Crippen LogP contribution < -0.4 is 4.90 Å². The second kappa shape index (κ2) is 5.67. The van der Waals surface area contributed by atoms with Gasteiger partial charge in [0.25, 0.3) is 0 Å². The van der Waals surface area contributed by atoms with E-state index in [0.29, 0.717) is 24.5 Å². The quantitative estimate of drug-likeness (QED) is 0.898. The smallest absolute Gasteiger partial charge is 0.146 e. The summed E-state index contributed by atoms with van der Waals surface area (Å²) in [6.45, 7) is 3.09. The Balaban J connectivity index is 2.30. The summed E-state index contributed by atoms with van der Waals surface area (Å²) >= 11 is 0. The minimum Gasteiger partial charge on any atom is -0.389 e. The van der Waals surface area contributed by atoms with Gasteiger partial charge in [0.1, 0.15) is 5.82 Å². The third-order valence-corrected chi connectivity index (χ3v) is 3.56. The fourth-order valence-corrected chi connectivity index (χ4v) is 2.50. The summed E-state index contributed by atoms with van der Waals surface area (Å²) in [5.41, 5.74) is 1.16. The number of nitrogens with zero attached hydrogens (tertiary/aromatic N) is 1. The van der Waals surface area contributed by atoms with Gasteiger partial charge < -0.3 is 14.7 Å². The Kier molecular flexibility index (Phi) is 4.19. The lowest BCUT2D eigenvalue weighted by molar-refractivity contribution is 0.0852. The van der Waals surface area contributed by atoms with Crippen LogP contribution in [0.3, 0.4) is 0 Å². The molecule has 4 heteroatoms. The molecular weight excluding hydrogens is 233 g/mol. The van der Waals surface area contributed by atoms with E-state index in [-0.39, 0.29) is 11.9 Å². The number of rotatable bonds is 3. The fourth-order valence-electron chi connectivity index (χ4n) is 2.50. The summed E-state index contributed by atoms with van der Waals surface area (Å²) in [7, 11) is 1.89. The predicted octanol–water partition coefficient (Wildman–Crippen LogP) is 2.49. The van der Waals surface area contributed by atoms with Crippen molar-refractivity contribution < 1.29 is 14.2 Å². The molecule has 1 unspecified atom stereocenters. The lowest BCUT2D eigenvalue weighted by Gasteiger charge is -2.34. The van der Waals surface area contributed by atoms with Gasteiger partial charge in [-0.1, -0.05) is 12.1 Å². The van der Waals surface area contributed by atoms with Crippen molar-refractivity contribution in [3.63, 3.8) is 0 Å². The zero-order chi connectivity index (χ0) is 13.1. The monoisotopic (exact) mass is 253 g/mol. The maximum atomic E-state index is 14.0. The van der Waals surface area contributed by atoms with Gasteiger partial charge in [0.2, 0.25) is 0 Å². The van der Waals surface area contributed by atoms with Gasteiger partial charge in [-0.25, -0.2) is 4.39 Å². The minimum absolute atomic E-state index is 0.271. The van der Waals surface area contributed by atoms with Crippen LogP contribution in [0.2, 0.25) is 0 Å². The van der Waals surface area contributed by atoms with Gasteiger partial charge >= 0.3 is 0 Å². The lowest BCUT2D eigenvalue weighted by atomic mass is 10.0. The Bertz CT molecular complexity index is 403. The van der Waals surface area contributed by atoms with Crippen LogP contribution in [0, 0.1) is 5.82 Å². The van der Waals surface area contributed by atoms with Crippen LogP contribution in [-0.4, -0.2) is 31.4 Å². The Morgan fingerprint density at radius 2 is 2.06 bits per heavy atom. The van der Waals surface area contributed by atoms with Crippen molar-refractivity contribution in [3.8, 4) is 0 Å². The number of hydrogen-bond acceptors (Lipinski definition) is 3. The summed E-state index contributed by atoms with van der Waals surface area (Å²) in [5, 5.41) is 9.76. The maximum Gasteiger partial charge on any atom is 0.146 e. The van der Waals surface area contributed by atoms with Crippen LogP contribution in [0.5, 0.6) is 0 Å². The van der Waals surface area contributed by atoms with Crippen LogP contribution in [0.15, 0.2) is 18.2 Å². The molecule has 1 aromatic rings. The molecule has 1 aliphatic rings. The lowest BCUT2D eigenvalue weighted by Crippen LogP contribution is -2.37. The molecule has 0 saturated carbocycles. The Morgan fingerprint density at radius 1 is 1.39 bits per heavy atom. The van der Waals surface area contributed by atoms with Crippen LogP contribution in [0.4, 0.5) is 10.1 Å². The van der Waals surface area contributed by atoms with Gasteiger partial charge in [-0.3, -0.25) is 0 Å². The van der Waals surface area contributed by atoms with Crippen molar-refractivity contribution in [2.45, 2.75) is 31.9 Å². The highest BCUT2D eigenvalue weighted by atomic mass is 19.1. The largest absolute Gasteiger partial charge is 0.389 e. The molecule has 1 atom stereocenters. The standard InChI is InChI=1S/C14H20FNO2/c1-10(17)12-4-3-5-13(15)14(12)16(2)11-6-8-18-9-7-11/h3-5,10-11,17H,6-9H2,1-2H3. The van der Waals surface area contributed by atoms with E-state index in [0.717, 1.165) is 12.8 Å². The topological polar surface area (TPSA) is 32.7 Å². The first-order valence-electron chi connectivity index (χ1n) is 6.38. The molecule has 100 valence electrons. The number of aliphatic hydroxyl groups is 1. The highest BCUT2D eigenvalue weighted by Crippen LogP contribution is 2.31. The second-order valence-electron chi connectivity index (χ2n) is 4.81. The van der Waals surface area contributed by atoms with Crippen LogP contribution >= 0.6 is 0 Å². The number of hydrogen-bond donors (Lipinski definition) is 1. The molecule has 0 radical (unpaired) electrons. The number of anilines is 1. The van der Waals surface area contributed by atoms with Crippen molar-refractivity contribution in [1.29, 1.82) is 0 Å². The minimum atomic E-state index is -0.669. The van der Waals surface area contributed by atoms with E-state index >= 15 is 0 Å². The summed E-state index contributed by atoms with van der Waals surface area (Å²) < 4.78 is 19.4. The molecule has 1 N–H and O–H groups in total. The van der Waals surface area contributed by atoms with Gasteiger partial charge in [0.15, 0.2) is 0 Å². The molecule has 3 nitrogen and oxygen atoms in total. The SMILES string of the molecule is CC(O)c1cccc(F)c1N(C)C1CCOCC1. The van der Waals surface area contributed by atoms with Gasteiger partial charge in [-0.05, 0) is 25.8 Å². The van der Waals surface area contributed by atoms with Crippen LogP contribution in [0.25, 0.3) is 0 Å². The Hall–Kier alpha value is -1.13. The van der Waals surface area contributed by atoms with Crippen molar-refractivity contribution in [1.82, 2.24) is 0 Å². The van der Waals surface area contributed by atoms with Crippen LogP contribution in [0.1, 0.15) is 31.4 Å². The number of para-hydroxylation sites is 1. The van der Waals surface area contributed by atoms with Crippen molar-refractivity contribution in [3.05, 3.63) is 29.6 Å². The molecule has 2 rings (SSSR count). The second-order valence-corrected chi connectivity index (χ2v) is 4.81. The predicted molar refractivity (Wildman–Crippen MR) is 69.3 cm³/mol. The number of ether oxygens (including phenoxy) is 1. The van der Waals surface area contributed by atoms with Gasteiger partial charge in [0.05, 0.1) is 11.8 Å². The molecule has 18 heavy (non-hydrogen) atoms. The summed E-state index contributed by atoms with van der Waals surface area (Å²) in [5.74, 6) is -0.276. The first kappa shape index (κ1) is 13.3. The molecule has 1 heterocycles. The van der Waals surface area contributed by atoms with E-state index in [9.17, 15) is 9.50 Å². The normalized spacial score (nSPS) is 18.7. The molecule has 1 aliphatic heterocycles. The van der Waals surface area contributed by atoms with E-state index in [1.54, 1.807) is 19.1 Å². The molecule has 1 aromatic carbocycles. The van der Waals surface area contributed by atoms with Gasteiger partial charge in [-0.2, -0.15) is 0 Å². The van der Waals surface area contributed by atoms with Crippen LogP contribution in [-0.2, 0) is 4.74 Å². The summed E-state index contributed by atoms with van der Waals surface area (Å²) in [6.07, 6.45) is 1.12. The number of benzene rings is 1. The third kappa shape index (κ3) is 2.65. The Labute approximate surface area is 107 Å².